The summed E-state index contributed by atoms with van der Waals surface area (Å²) in [7, 11) is 0. The van der Waals surface area contributed by atoms with E-state index in [4.69, 9.17) is 21.7 Å². The standard InChI is InChI=1S/C17H21N3O6S/c1-10(2)25-9-11-7-14(26-16(11)22)8-15(21)19-17(27)18-12-3-5-13(6-4-12)20(23)24/h3-6,10-11,14H,7-9H2,1-2H3,(H2,18,19,21,27). The minimum Gasteiger partial charge on any atom is -0.462 e. The topological polar surface area (TPSA) is 120 Å². The molecule has 1 heterocycles. The van der Waals surface area contributed by atoms with Crippen molar-refractivity contribution in [2.45, 2.75) is 38.9 Å². The lowest BCUT2D eigenvalue weighted by molar-refractivity contribution is -0.384. The van der Waals surface area contributed by atoms with Gasteiger partial charge in [0.25, 0.3) is 5.69 Å². The zero-order valence-electron chi connectivity index (χ0n) is 15.0. The molecule has 146 valence electrons. The minimum absolute atomic E-state index is 0.00794. The van der Waals surface area contributed by atoms with Gasteiger partial charge in [-0.1, -0.05) is 0 Å². The fraction of sp³-hybridized carbons (Fsp3) is 0.471. The molecule has 1 aliphatic heterocycles. The predicted molar refractivity (Wildman–Crippen MR) is 101 cm³/mol. The van der Waals surface area contributed by atoms with Gasteiger partial charge in [0.05, 0.1) is 30.0 Å². The van der Waals surface area contributed by atoms with Crippen LogP contribution in [0.1, 0.15) is 26.7 Å². The normalized spacial score (nSPS) is 18.9. The molecular formula is C17H21N3O6S. The largest absolute Gasteiger partial charge is 0.462 e. The Bertz CT molecular complexity index is 722. The fourth-order valence-electron chi connectivity index (χ4n) is 2.51. The highest BCUT2D eigenvalue weighted by Crippen LogP contribution is 2.24. The van der Waals surface area contributed by atoms with E-state index in [0.717, 1.165) is 0 Å². The van der Waals surface area contributed by atoms with Crippen molar-refractivity contribution in [3.63, 3.8) is 0 Å². The van der Waals surface area contributed by atoms with Gasteiger partial charge in [0.1, 0.15) is 6.10 Å². The second kappa shape index (κ2) is 9.38. The Morgan fingerprint density at radius 2 is 2.07 bits per heavy atom. The van der Waals surface area contributed by atoms with Gasteiger partial charge in [0.2, 0.25) is 5.91 Å². The fourth-order valence-corrected chi connectivity index (χ4v) is 2.74. The maximum Gasteiger partial charge on any atom is 0.311 e. The van der Waals surface area contributed by atoms with Gasteiger partial charge in [-0.05, 0) is 38.2 Å². The van der Waals surface area contributed by atoms with Crippen LogP contribution in [-0.2, 0) is 19.1 Å². The molecule has 2 atom stereocenters. The third kappa shape index (κ3) is 6.57. The van der Waals surface area contributed by atoms with Crippen molar-refractivity contribution in [2.24, 2.45) is 5.92 Å². The van der Waals surface area contributed by atoms with Crippen molar-refractivity contribution in [1.29, 1.82) is 0 Å². The summed E-state index contributed by atoms with van der Waals surface area (Å²) in [4.78, 5) is 34.0. The number of anilines is 1. The predicted octanol–water partition coefficient (Wildman–Crippen LogP) is 2.15. The number of hydrogen-bond donors (Lipinski definition) is 2. The average Bonchev–Trinajstić information content (AvgIpc) is 2.92. The minimum atomic E-state index is -0.513. The lowest BCUT2D eigenvalue weighted by Gasteiger charge is -2.12. The number of nitrogens with zero attached hydrogens (tertiary/aromatic N) is 1. The molecule has 1 fully saturated rings. The first-order chi connectivity index (χ1) is 12.7. The number of nitrogens with one attached hydrogen (secondary N) is 2. The van der Waals surface area contributed by atoms with Gasteiger partial charge in [-0.25, -0.2) is 0 Å². The summed E-state index contributed by atoms with van der Waals surface area (Å²) in [6.45, 7) is 4.03. The Morgan fingerprint density at radius 1 is 1.41 bits per heavy atom. The van der Waals surface area contributed by atoms with Crippen molar-refractivity contribution in [1.82, 2.24) is 5.32 Å². The number of esters is 1. The molecule has 0 aliphatic carbocycles. The van der Waals surface area contributed by atoms with E-state index in [1.165, 1.54) is 24.3 Å². The van der Waals surface area contributed by atoms with E-state index >= 15 is 0 Å². The first-order valence-electron chi connectivity index (χ1n) is 8.42. The molecule has 1 aromatic carbocycles. The Hall–Kier alpha value is -2.59. The quantitative estimate of drug-likeness (QED) is 0.312. The van der Waals surface area contributed by atoms with Crippen LogP contribution in [0.3, 0.4) is 0 Å². The maximum atomic E-state index is 12.1. The Morgan fingerprint density at radius 3 is 2.67 bits per heavy atom. The van der Waals surface area contributed by atoms with E-state index in [0.29, 0.717) is 12.1 Å². The Kier molecular flexibility index (Phi) is 7.19. The number of rotatable bonds is 7. The number of cyclic esters (lactones) is 1. The molecular weight excluding hydrogens is 374 g/mol. The number of nitro groups is 1. The van der Waals surface area contributed by atoms with Crippen LogP contribution in [0.15, 0.2) is 24.3 Å². The molecule has 0 aromatic heterocycles. The molecule has 0 radical (unpaired) electrons. The maximum absolute atomic E-state index is 12.1. The molecule has 1 saturated heterocycles. The third-order valence-corrected chi connectivity index (χ3v) is 4.00. The Labute approximate surface area is 161 Å². The van der Waals surface area contributed by atoms with Gasteiger partial charge in [0, 0.05) is 24.2 Å². The van der Waals surface area contributed by atoms with Crippen molar-refractivity contribution >= 4 is 40.6 Å². The van der Waals surface area contributed by atoms with Crippen LogP contribution in [0, 0.1) is 16.0 Å². The van der Waals surface area contributed by atoms with Crippen LogP contribution in [0.2, 0.25) is 0 Å². The van der Waals surface area contributed by atoms with Crippen LogP contribution < -0.4 is 10.6 Å². The highest BCUT2D eigenvalue weighted by molar-refractivity contribution is 7.80. The molecule has 2 unspecified atom stereocenters. The second-order valence-electron chi connectivity index (χ2n) is 6.38. The van der Waals surface area contributed by atoms with E-state index in [9.17, 15) is 19.7 Å². The number of nitro benzene ring substituents is 1. The number of carbonyl (C=O) groups excluding carboxylic acids is 2. The van der Waals surface area contributed by atoms with E-state index in [1.54, 1.807) is 0 Å². The monoisotopic (exact) mass is 395 g/mol. The third-order valence-electron chi connectivity index (χ3n) is 3.80. The first kappa shape index (κ1) is 20.7. The number of ether oxygens (including phenoxy) is 2. The molecule has 10 heteroatoms. The summed E-state index contributed by atoms with van der Waals surface area (Å²) in [5.74, 6) is -1.12. The smallest absolute Gasteiger partial charge is 0.311 e. The van der Waals surface area contributed by atoms with Crippen LogP contribution in [0.5, 0.6) is 0 Å². The van der Waals surface area contributed by atoms with Gasteiger partial charge in [-0.3, -0.25) is 19.7 Å². The molecule has 0 spiro atoms. The van der Waals surface area contributed by atoms with Gasteiger partial charge in [-0.2, -0.15) is 0 Å². The van der Waals surface area contributed by atoms with Crippen molar-refractivity contribution < 1.29 is 24.0 Å². The number of thiocarbonyl (C=S) groups is 1. The molecule has 1 amide bonds. The molecule has 1 aliphatic rings. The first-order valence-corrected chi connectivity index (χ1v) is 8.82. The summed E-state index contributed by atoms with van der Waals surface area (Å²) in [5.41, 5.74) is 0.457. The van der Waals surface area contributed by atoms with E-state index in [2.05, 4.69) is 10.6 Å². The Balaban J connectivity index is 1.77. The van der Waals surface area contributed by atoms with Crippen molar-refractivity contribution in [2.75, 3.05) is 11.9 Å². The molecule has 0 bridgehead atoms. The van der Waals surface area contributed by atoms with E-state index < -0.39 is 16.9 Å². The number of carbonyl (C=O) groups is 2. The van der Waals surface area contributed by atoms with Gasteiger partial charge >= 0.3 is 5.97 Å². The van der Waals surface area contributed by atoms with Crippen molar-refractivity contribution in [3.8, 4) is 0 Å². The van der Waals surface area contributed by atoms with Crippen LogP contribution in [-0.4, -0.2) is 40.7 Å². The summed E-state index contributed by atoms with van der Waals surface area (Å²) in [5, 5.41) is 15.9. The summed E-state index contributed by atoms with van der Waals surface area (Å²) in [6.07, 6.45) is -0.0866. The molecule has 2 rings (SSSR count). The zero-order valence-corrected chi connectivity index (χ0v) is 15.8. The summed E-state index contributed by atoms with van der Waals surface area (Å²) in [6, 6.07) is 5.61. The molecule has 1 aromatic rings. The van der Waals surface area contributed by atoms with Gasteiger partial charge in [-0.15, -0.1) is 0 Å². The summed E-state index contributed by atoms with van der Waals surface area (Å²) < 4.78 is 10.6. The number of amides is 1. The molecule has 9 nitrogen and oxygen atoms in total. The SMILES string of the molecule is CC(C)OCC1CC(CC(=O)NC(=S)Nc2ccc([N+](=O)[O-])cc2)OC1=O. The van der Waals surface area contributed by atoms with E-state index in [-0.39, 0.29) is 41.8 Å². The molecule has 27 heavy (non-hydrogen) atoms. The van der Waals surface area contributed by atoms with Gasteiger partial charge in [0.15, 0.2) is 5.11 Å². The summed E-state index contributed by atoms with van der Waals surface area (Å²) >= 11 is 5.05. The highest BCUT2D eigenvalue weighted by atomic mass is 32.1. The number of hydrogen-bond acceptors (Lipinski definition) is 7. The lowest BCUT2D eigenvalue weighted by Crippen LogP contribution is -2.36. The van der Waals surface area contributed by atoms with Crippen LogP contribution in [0.25, 0.3) is 0 Å². The zero-order chi connectivity index (χ0) is 20.0. The second-order valence-corrected chi connectivity index (χ2v) is 6.79. The van der Waals surface area contributed by atoms with Crippen molar-refractivity contribution in [3.05, 3.63) is 34.4 Å². The lowest BCUT2D eigenvalue weighted by atomic mass is 10.0. The van der Waals surface area contributed by atoms with Gasteiger partial charge < -0.3 is 20.1 Å². The van der Waals surface area contributed by atoms with E-state index in [1.807, 2.05) is 13.8 Å². The number of benzene rings is 1. The molecule has 0 saturated carbocycles. The molecule has 2 N–H and O–H groups in total. The number of non-ortho nitro benzene ring substituents is 1. The van der Waals surface area contributed by atoms with Crippen LogP contribution >= 0.6 is 12.2 Å². The average molecular weight is 395 g/mol. The van der Waals surface area contributed by atoms with Crippen LogP contribution in [0.4, 0.5) is 11.4 Å². The highest BCUT2D eigenvalue weighted by Gasteiger charge is 2.35.